The summed E-state index contributed by atoms with van der Waals surface area (Å²) < 4.78 is 14.2. The molecule has 0 aliphatic carbocycles. The molecule has 1 heterocycles. The van der Waals surface area contributed by atoms with Gasteiger partial charge in [0.1, 0.15) is 5.82 Å². The van der Waals surface area contributed by atoms with E-state index < -0.39 is 0 Å². The van der Waals surface area contributed by atoms with Crippen LogP contribution in [-0.4, -0.2) is 24.0 Å². The second-order valence-electron chi connectivity index (χ2n) is 4.88. The maximum Gasteiger partial charge on any atom is 0.146 e. The van der Waals surface area contributed by atoms with E-state index in [1.54, 1.807) is 18.2 Å². The van der Waals surface area contributed by atoms with Gasteiger partial charge in [-0.2, -0.15) is 0 Å². The van der Waals surface area contributed by atoms with Crippen LogP contribution in [0, 0.1) is 5.82 Å². The maximum absolute atomic E-state index is 14.2. The lowest BCUT2D eigenvalue weighted by molar-refractivity contribution is 0.191. The smallest absolute Gasteiger partial charge is 0.146 e. The second-order valence-corrected chi connectivity index (χ2v) is 5.28. The Morgan fingerprint density at radius 2 is 2.22 bits per heavy atom. The molecule has 2 N–H and O–H groups in total. The molecule has 0 saturated carbocycles. The second kappa shape index (κ2) is 6.00. The van der Waals surface area contributed by atoms with Crippen LogP contribution in [0.15, 0.2) is 18.2 Å². The van der Waals surface area contributed by atoms with Gasteiger partial charge < -0.3 is 5.73 Å². The number of nitrogens with two attached hydrogens (primary N) is 1. The van der Waals surface area contributed by atoms with Gasteiger partial charge in [0, 0.05) is 11.6 Å². The summed E-state index contributed by atoms with van der Waals surface area (Å²) in [5, 5.41) is 0.181. The summed E-state index contributed by atoms with van der Waals surface area (Å²) in [6, 6.07) is 5.10. The minimum atomic E-state index is -0.319. The number of halogens is 2. The summed E-state index contributed by atoms with van der Waals surface area (Å²) in [7, 11) is 0. The molecule has 0 radical (unpaired) electrons. The molecule has 2 unspecified atom stereocenters. The minimum absolute atomic E-state index is 0.0274. The van der Waals surface area contributed by atoms with Crippen molar-refractivity contribution >= 4 is 11.6 Å². The first kappa shape index (κ1) is 13.8. The van der Waals surface area contributed by atoms with Crippen LogP contribution in [0.25, 0.3) is 0 Å². The molecule has 2 atom stereocenters. The molecule has 1 fully saturated rings. The third kappa shape index (κ3) is 2.68. The Bertz CT molecular complexity index is 411. The normalized spacial score (nSPS) is 26.0. The molecule has 1 aliphatic rings. The van der Waals surface area contributed by atoms with Crippen LogP contribution < -0.4 is 5.73 Å². The van der Waals surface area contributed by atoms with Crippen molar-refractivity contribution in [2.45, 2.75) is 38.3 Å². The summed E-state index contributed by atoms with van der Waals surface area (Å²) in [5.41, 5.74) is 6.88. The molecule has 2 nitrogen and oxygen atoms in total. The lowest BCUT2D eigenvalue weighted by Gasteiger charge is -2.33. The third-order valence-electron chi connectivity index (χ3n) is 3.74. The summed E-state index contributed by atoms with van der Waals surface area (Å²) in [4.78, 5) is 2.26. The summed E-state index contributed by atoms with van der Waals surface area (Å²) in [5.74, 6) is -0.319. The van der Waals surface area contributed by atoms with Gasteiger partial charge in [0.05, 0.1) is 11.1 Å². The van der Waals surface area contributed by atoms with Crippen LogP contribution in [0.3, 0.4) is 0 Å². The number of nitrogens with zero attached hydrogens (tertiary/aromatic N) is 1. The zero-order chi connectivity index (χ0) is 13.1. The molecule has 1 aliphatic heterocycles. The topological polar surface area (TPSA) is 29.3 Å². The van der Waals surface area contributed by atoms with Gasteiger partial charge in [0.2, 0.25) is 0 Å². The van der Waals surface area contributed by atoms with Crippen LogP contribution in [0.2, 0.25) is 5.02 Å². The number of hydrogen-bond donors (Lipinski definition) is 1. The van der Waals surface area contributed by atoms with E-state index in [4.69, 9.17) is 17.3 Å². The van der Waals surface area contributed by atoms with Crippen molar-refractivity contribution in [3.8, 4) is 0 Å². The molecule has 2 rings (SSSR count). The largest absolute Gasteiger partial charge is 0.326 e. The Kier molecular flexibility index (Phi) is 4.60. The number of benzene rings is 1. The average Bonchev–Trinajstić information content (AvgIpc) is 2.54. The Morgan fingerprint density at radius 3 is 2.94 bits per heavy atom. The monoisotopic (exact) mass is 270 g/mol. The first-order chi connectivity index (χ1) is 8.65. The number of likely N-dealkylation sites (tertiary alicyclic amines) is 1. The van der Waals surface area contributed by atoms with Crippen LogP contribution >= 0.6 is 11.6 Å². The quantitative estimate of drug-likeness (QED) is 0.893. The third-order valence-corrected chi connectivity index (χ3v) is 4.03. The zero-order valence-corrected chi connectivity index (χ0v) is 11.5. The summed E-state index contributed by atoms with van der Waals surface area (Å²) >= 11 is 5.88. The van der Waals surface area contributed by atoms with Crippen LogP contribution in [0.5, 0.6) is 0 Å². The molecule has 4 heteroatoms. The van der Waals surface area contributed by atoms with Gasteiger partial charge in [-0.25, -0.2) is 4.39 Å². The van der Waals surface area contributed by atoms with Gasteiger partial charge in [0.15, 0.2) is 0 Å². The highest BCUT2D eigenvalue weighted by Crippen LogP contribution is 2.32. The highest BCUT2D eigenvalue weighted by atomic mass is 35.5. The van der Waals surface area contributed by atoms with Crippen molar-refractivity contribution in [3.05, 3.63) is 34.6 Å². The van der Waals surface area contributed by atoms with Crippen molar-refractivity contribution in [1.29, 1.82) is 0 Å². The fourth-order valence-corrected chi connectivity index (χ4v) is 2.98. The highest BCUT2D eigenvalue weighted by molar-refractivity contribution is 6.30. The molecule has 0 amide bonds. The van der Waals surface area contributed by atoms with E-state index >= 15 is 0 Å². The molecular formula is C14H20ClFN2. The van der Waals surface area contributed by atoms with E-state index in [1.807, 2.05) is 0 Å². The van der Waals surface area contributed by atoms with E-state index in [-0.39, 0.29) is 22.9 Å². The van der Waals surface area contributed by atoms with Crippen molar-refractivity contribution in [3.63, 3.8) is 0 Å². The lowest BCUT2D eigenvalue weighted by Crippen LogP contribution is -2.40. The average molecular weight is 271 g/mol. The molecule has 0 bridgehead atoms. The van der Waals surface area contributed by atoms with Crippen LogP contribution in [-0.2, 0) is 0 Å². The van der Waals surface area contributed by atoms with Gasteiger partial charge >= 0.3 is 0 Å². The van der Waals surface area contributed by atoms with E-state index in [9.17, 15) is 4.39 Å². The number of likely N-dealkylation sites (N-methyl/N-ethyl adjacent to an activating group) is 1. The van der Waals surface area contributed by atoms with E-state index in [0.29, 0.717) is 5.56 Å². The van der Waals surface area contributed by atoms with Crippen molar-refractivity contribution < 1.29 is 4.39 Å². The van der Waals surface area contributed by atoms with Gasteiger partial charge in [-0.05, 0) is 32.0 Å². The van der Waals surface area contributed by atoms with Gasteiger partial charge in [-0.1, -0.05) is 37.1 Å². The van der Waals surface area contributed by atoms with Crippen molar-refractivity contribution in [2.75, 3.05) is 13.1 Å². The zero-order valence-electron chi connectivity index (χ0n) is 10.7. The summed E-state index contributed by atoms with van der Waals surface area (Å²) in [6.07, 6.45) is 3.17. The van der Waals surface area contributed by atoms with Crippen molar-refractivity contribution in [1.82, 2.24) is 4.90 Å². The molecule has 0 spiro atoms. The van der Waals surface area contributed by atoms with Gasteiger partial charge in [-0.3, -0.25) is 4.90 Å². The predicted octanol–water partition coefficient (Wildman–Crippen LogP) is 3.35. The van der Waals surface area contributed by atoms with E-state index in [0.717, 1.165) is 32.4 Å². The number of hydrogen-bond acceptors (Lipinski definition) is 2. The van der Waals surface area contributed by atoms with E-state index in [1.165, 1.54) is 0 Å². The fraction of sp³-hybridized carbons (Fsp3) is 0.571. The molecule has 18 heavy (non-hydrogen) atoms. The van der Waals surface area contributed by atoms with E-state index in [2.05, 4.69) is 11.8 Å². The fourth-order valence-electron chi connectivity index (χ4n) is 2.79. The first-order valence-corrected chi connectivity index (χ1v) is 6.96. The Morgan fingerprint density at radius 1 is 1.44 bits per heavy atom. The lowest BCUT2D eigenvalue weighted by atomic mass is 9.96. The Labute approximate surface area is 113 Å². The standard InChI is InChI=1S/C14H20ClFN2/c1-2-18-9-4-3-8-12(17)14(18)10-6-5-7-11(15)13(10)16/h5-7,12,14H,2-4,8-9,17H2,1H3. The predicted molar refractivity (Wildman–Crippen MR) is 73.2 cm³/mol. The maximum atomic E-state index is 14.2. The highest BCUT2D eigenvalue weighted by Gasteiger charge is 2.30. The Hall–Kier alpha value is -0.640. The van der Waals surface area contributed by atoms with Crippen LogP contribution in [0.4, 0.5) is 4.39 Å². The SMILES string of the molecule is CCN1CCCCC(N)C1c1cccc(Cl)c1F. The van der Waals surface area contributed by atoms with Gasteiger partial charge in [0.25, 0.3) is 0 Å². The van der Waals surface area contributed by atoms with Crippen molar-refractivity contribution in [2.24, 2.45) is 5.73 Å². The number of rotatable bonds is 2. The molecule has 0 aromatic heterocycles. The minimum Gasteiger partial charge on any atom is -0.326 e. The van der Waals surface area contributed by atoms with Gasteiger partial charge in [-0.15, -0.1) is 0 Å². The summed E-state index contributed by atoms with van der Waals surface area (Å²) in [6.45, 7) is 3.94. The molecular weight excluding hydrogens is 251 g/mol. The molecule has 1 saturated heterocycles. The molecule has 100 valence electrons. The first-order valence-electron chi connectivity index (χ1n) is 6.58. The molecule has 1 aromatic rings. The van der Waals surface area contributed by atoms with Crippen LogP contribution in [0.1, 0.15) is 37.8 Å². The molecule has 1 aromatic carbocycles. The Balaban J connectivity index is 2.39.